The highest BCUT2D eigenvalue weighted by molar-refractivity contribution is 6.44. The molecule has 0 bridgehead atoms. The minimum Gasteiger partial charge on any atom is -0.427 e. The fourth-order valence-electron chi connectivity index (χ4n) is 0.914. The van der Waals surface area contributed by atoms with Gasteiger partial charge in [-0.2, -0.15) is 0 Å². The number of allylic oxidation sites excluding steroid dienone is 4. The molecule has 0 amide bonds. The minimum absolute atomic E-state index is 0.00810. The van der Waals surface area contributed by atoms with Crippen molar-refractivity contribution in [2.75, 3.05) is 0 Å². The van der Waals surface area contributed by atoms with Crippen molar-refractivity contribution in [2.45, 2.75) is 12.2 Å². The maximum atomic E-state index is 12.6. The monoisotopic (exact) mass is 160 g/mol. The van der Waals surface area contributed by atoms with Crippen LogP contribution in [-0.2, 0) is 0 Å². The molecule has 0 aromatic rings. The number of hydrogen-bond donors (Lipinski definition) is 2. The Kier molecular flexibility index (Phi) is 2.41. The summed E-state index contributed by atoms with van der Waals surface area (Å²) < 4.78 is 24.9. The first-order chi connectivity index (χ1) is 5.11. The molecule has 0 fully saturated rings. The third-order valence-corrected chi connectivity index (χ3v) is 1.56. The lowest BCUT2D eigenvalue weighted by molar-refractivity contribution is 0.377. The molecule has 1 rings (SSSR count). The van der Waals surface area contributed by atoms with Gasteiger partial charge in [-0.15, -0.1) is 0 Å². The first kappa shape index (κ1) is 8.42. The Hall–Kier alpha value is -0.675. The van der Waals surface area contributed by atoms with Crippen LogP contribution in [-0.4, -0.2) is 17.2 Å². The Labute approximate surface area is 63.0 Å². The molecule has 2 nitrogen and oxygen atoms in total. The van der Waals surface area contributed by atoms with E-state index in [4.69, 9.17) is 10.0 Å². The summed E-state index contributed by atoms with van der Waals surface area (Å²) in [5, 5.41) is 17.1. The van der Waals surface area contributed by atoms with Crippen molar-refractivity contribution in [1.29, 1.82) is 0 Å². The van der Waals surface area contributed by atoms with Gasteiger partial charge in [0.1, 0.15) is 11.7 Å². The molecule has 5 heteroatoms. The SMILES string of the molecule is OB(O)C1CC=C(F)C=C1F. The third-order valence-electron chi connectivity index (χ3n) is 1.56. The predicted molar refractivity (Wildman–Crippen MR) is 36.9 cm³/mol. The van der Waals surface area contributed by atoms with E-state index < -0.39 is 24.6 Å². The molecule has 1 aliphatic carbocycles. The molecule has 0 aliphatic heterocycles. The van der Waals surface area contributed by atoms with Crippen molar-refractivity contribution in [3.05, 3.63) is 23.8 Å². The lowest BCUT2D eigenvalue weighted by atomic mass is 9.69. The Bertz CT molecular complexity index is 213. The molecule has 0 heterocycles. The summed E-state index contributed by atoms with van der Waals surface area (Å²) in [5.41, 5.74) is 0. The van der Waals surface area contributed by atoms with Gasteiger partial charge in [-0.05, 0) is 12.5 Å². The maximum absolute atomic E-state index is 12.6. The molecule has 11 heavy (non-hydrogen) atoms. The molecule has 0 aromatic heterocycles. The Balaban J connectivity index is 2.72. The van der Waals surface area contributed by atoms with Gasteiger partial charge in [-0.3, -0.25) is 0 Å². The summed E-state index contributed by atoms with van der Waals surface area (Å²) in [5.74, 6) is -2.49. The van der Waals surface area contributed by atoms with Crippen LogP contribution in [0.3, 0.4) is 0 Å². The first-order valence-electron chi connectivity index (χ1n) is 3.20. The number of hydrogen-bond acceptors (Lipinski definition) is 2. The van der Waals surface area contributed by atoms with Crippen molar-refractivity contribution >= 4 is 7.12 Å². The van der Waals surface area contributed by atoms with E-state index in [-0.39, 0.29) is 6.42 Å². The maximum Gasteiger partial charge on any atom is 0.462 e. The zero-order valence-electron chi connectivity index (χ0n) is 5.67. The van der Waals surface area contributed by atoms with Crippen molar-refractivity contribution in [3.63, 3.8) is 0 Å². The summed E-state index contributed by atoms with van der Waals surface area (Å²) in [6, 6.07) is 0. The lowest BCUT2D eigenvalue weighted by Crippen LogP contribution is -2.21. The lowest BCUT2D eigenvalue weighted by Gasteiger charge is -2.14. The van der Waals surface area contributed by atoms with Crippen LogP contribution in [0, 0.1) is 0 Å². The summed E-state index contributed by atoms with van der Waals surface area (Å²) in [6.07, 6.45) is 1.77. The zero-order valence-corrected chi connectivity index (χ0v) is 5.67. The van der Waals surface area contributed by atoms with Gasteiger partial charge in [0.05, 0.1) is 0 Å². The van der Waals surface area contributed by atoms with Gasteiger partial charge in [-0.1, -0.05) is 0 Å². The number of rotatable bonds is 1. The van der Waals surface area contributed by atoms with Crippen molar-refractivity contribution in [1.82, 2.24) is 0 Å². The average Bonchev–Trinajstić information content (AvgIpc) is 1.85. The standard InChI is InChI=1S/C6H7BF2O2/c8-4-1-2-5(7(10)11)6(9)3-4/h1,3,5,10-11H,2H2. The highest BCUT2D eigenvalue weighted by Gasteiger charge is 2.29. The van der Waals surface area contributed by atoms with Crippen LogP contribution >= 0.6 is 0 Å². The van der Waals surface area contributed by atoms with Crippen molar-refractivity contribution < 1.29 is 18.8 Å². The Morgan fingerprint density at radius 2 is 2.09 bits per heavy atom. The van der Waals surface area contributed by atoms with Gasteiger partial charge in [0, 0.05) is 11.9 Å². The van der Waals surface area contributed by atoms with E-state index in [1.165, 1.54) is 0 Å². The van der Waals surface area contributed by atoms with E-state index in [9.17, 15) is 8.78 Å². The van der Waals surface area contributed by atoms with Crippen LogP contribution in [0.25, 0.3) is 0 Å². The largest absolute Gasteiger partial charge is 0.462 e. The molecule has 2 N–H and O–H groups in total. The van der Waals surface area contributed by atoms with Gasteiger partial charge >= 0.3 is 7.12 Å². The second kappa shape index (κ2) is 3.15. The van der Waals surface area contributed by atoms with Crippen molar-refractivity contribution in [3.8, 4) is 0 Å². The Morgan fingerprint density at radius 1 is 1.45 bits per heavy atom. The van der Waals surface area contributed by atoms with Crippen LogP contribution in [0.4, 0.5) is 8.78 Å². The van der Waals surface area contributed by atoms with Crippen LogP contribution < -0.4 is 0 Å². The highest BCUT2D eigenvalue weighted by atomic mass is 19.1. The average molecular weight is 160 g/mol. The van der Waals surface area contributed by atoms with Crippen LogP contribution in [0.15, 0.2) is 23.8 Å². The van der Waals surface area contributed by atoms with E-state index in [1.807, 2.05) is 0 Å². The van der Waals surface area contributed by atoms with Crippen LogP contribution in [0.5, 0.6) is 0 Å². The molecular weight excluding hydrogens is 153 g/mol. The molecule has 60 valence electrons. The predicted octanol–water partition coefficient (Wildman–Crippen LogP) is 0.940. The first-order valence-corrected chi connectivity index (χ1v) is 3.20. The minimum atomic E-state index is -1.75. The fraction of sp³-hybridized carbons (Fsp3) is 0.333. The Morgan fingerprint density at radius 3 is 2.55 bits per heavy atom. The molecule has 0 spiro atoms. The van der Waals surface area contributed by atoms with E-state index in [0.29, 0.717) is 6.08 Å². The molecule has 0 aromatic carbocycles. The molecule has 0 saturated carbocycles. The van der Waals surface area contributed by atoms with Crippen molar-refractivity contribution in [2.24, 2.45) is 0 Å². The van der Waals surface area contributed by atoms with Gasteiger partial charge in [-0.25, -0.2) is 8.78 Å². The smallest absolute Gasteiger partial charge is 0.427 e. The molecule has 1 unspecified atom stereocenters. The summed E-state index contributed by atoms with van der Waals surface area (Å²) in [4.78, 5) is 0. The second-order valence-corrected chi connectivity index (χ2v) is 2.37. The summed E-state index contributed by atoms with van der Waals surface area (Å²) >= 11 is 0. The van der Waals surface area contributed by atoms with Crippen LogP contribution in [0.2, 0.25) is 5.82 Å². The molecule has 1 atom stereocenters. The molecule has 0 radical (unpaired) electrons. The summed E-state index contributed by atoms with van der Waals surface area (Å²) in [6.45, 7) is 0. The molecule has 0 saturated heterocycles. The normalized spacial score (nSPS) is 24.2. The molecule has 1 aliphatic rings. The summed E-state index contributed by atoms with van der Waals surface area (Å²) in [7, 11) is -1.75. The topological polar surface area (TPSA) is 40.5 Å². The molecular formula is C6H7BF2O2. The quantitative estimate of drug-likeness (QED) is 0.560. The van der Waals surface area contributed by atoms with E-state index in [1.54, 1.807) is 0 Å². The third kappa shape index (κ3) is 1.88. The fourth-order valence-corrected chi connectivity index (χ4v) is 0.914. The zero-order chi connectivity index (χ0) is 8.43. The van der Waals surface area contributed by atoms with E-state index in [0.717, 1.165) is 6.08 Å². The van der Waals surface area contributed by atoms with Gasteiger partial charge < -0.3 is 10.0 Å². The number of halogens is 2. The van der Waals surface area contributed by atoms with E-state index in [2.05, 4.69) is 0 Å². The second-order valence-electron chi connectivity index (χ2n) is 2.37. The van der Waals surface area contributed by atoms with E-state index >= 15 is 0 Å². The highest BCUT2D eigenvalue weighted by Crippen LogP contribution is 2.31. The van der Waals surface area contributed by atoms with Gasteiger partial charge in [0.25, 0.3) is 0 Å². The van der Waals surface area contributed by atoms with Gasteiger partial charge in [0.15, 0.2) is 0 Å². The van der Waals surface area contributed by atoms with Crippen LogP contribution in [0.1, 0.15) is 6.42 Å². The van der Waals surface area contributed by atoms with Gasteiger partial charge in [0.2, 0.25) is 0 Å².